The van der Waals surface area contributed by atoms with Gasteiger partial charge in [-0.25, -0.2) is 0 Å². The predicted molar refractivity (Wildman–Crippen MR) is 72.6 cm³/mol. The van der Waals surface area contributed by atoms with E-state index in [1.165, 1.54) is 31.5 Å². The number of likely N-dealkylation sites (tertiary alicyclic amines) is 1. The summed E-state index contributed by atoms with van der Waals surface area (Å²) in [6, 6.07) is 9.05. The van der Waals surface area contributed by atoms with Crippen molar-refractivity contribution in [2.75, 3.05) is 26.7 Å². The van der Waals surface area contributed by atoms with E-state index in [1.807, 2.05) is 0 Å². The van der Waals surface area contributed by atoms with Crippen LogP contribution in [0.3, 0.4) is 0 Å². The average Bonchev–Trinajstić information content (AvgIpc) is 2.42. The van der Waals surface area contributed by atoms with Crippen molar-refractivity contribution in [1.82, 2.24) is 0 Å². The van der Waals surface area contributed by atoms with Gasteiger partial charge in [-0.3, -0.25) is 0 Å². The summed E-state index contributed by atoms with van der Waals surface area (Å²) < 4.78 is 5.22. The maximum atomic E-state index is 5.22. The zero-order chi connectivity index (χ0) is 13.0. The van der Waals surface area contributed by atoms with Crippen LogP contribution in [-0.4, -0.2) is 26.7 Å². The van der Waals surface area contributed by atoms with Crippen LogP contribution in [0.15, 0.2) is 24.3 Å². The number of piperidine rings is 1. The third kappa shape index (κ3) is 3.03. The smallest absolute Gasteiger partial charge is 0.162 e. The van der Waals surface area contributed by atoms with E-state index >= 15 is 0 Å². The molecule has 1 fully saturated rings. The van der Waals surface area contributed by atoms with E-state index in [1.54, 1.807) is 12.0 Å². The van der Waals surface area contributed by atoms with E-state index in [9.17, 15) is 0 Å². The number of quaternary nitrogens is 2. The maximum Gasteiger partial charge on any atom is 0.162 e. The maximum absolute atomic E-state index is 5.22. The Morgan fingerprint density at radius 3 is 2.39 bits per heavy atom. The molecule has 0 unspecified atom stereocenters. The average molecular weight is 250 g/mol. The van der Waals surface area contributed by atoms with Gasteiger partial charge in [0, 0.05) is 5.56 Å². The summed E-state index contributed by atoms with van der Waals surface area (Å²) in [5.41, 5.74) is 5.55. The Morgan fingerprint density at radius 1 is 1.28 bits per heavy atom. The molecule has 0 radical (unpaired) electrons. The minimum Gasteiger partial charge on any atom is -0.497 e. The summed E-state index contributed by atoms with van der Waals surface area (Å²) in [5, 5.41) is 0. The van der Waals surface area contributed by atoms with Crippen LogP contribution in [0.5, 0.6) is 5.75 Å². The highest BCUT2D eigenvalue weighted by Crippen LogP contribution is 2.16. The Labute approximate surface area is 110 Å². The summed E-state index contributed by atoms with van der Waals surface area (Å²) in [7, 11) is 1.71. The minimum atomic E-state index is 0.545. The van der Waals surface area contributed by atoms with Crippen LogP contribution in [0.1, 0.15) is 31.4 Å². The monoisotopic (exact) mass is 250 g/mol. The van der Waals surface area contributed by atoms with Gasteiger partial charge in [0.05, 0.1) is 20.2 Å². The molecule has 3 heteroatoms. The Bertz CT molecular complexity index is 355. The highest BCUT2D eigenvalue weighted by atomic mass is 16.5. The van der Waals surface area contributed by atoms with Crippen LogP contribution in [-0.2, 0) is 0 Å². The predicted octanol–water partition coefficient (Wildman–Crippen LogP) is 0.293. The molecular formula is C15H26N2O+2. The molecule has 1 aromatic rings. The molecule has 1 atom stereocenters. The molecule has 0 spiro atoms. The Morgan fingerprint density at radius 2 is 1.89 bits per heavy atom. The van der Waals surface area contributed by atoms with Crippen molar-refractivity contribution in [3.8, 4) is 5.75 Å². The van der Waals surface area contributed by atoms with Crippen LogP contribution in [0.4, 0.5) is 0 Å². The second-order valence-corrected chi connectivity index (χ2v) is 5.46. The first kappa shape index (κ1) is 13.4. The van der Waals surface area contributed by atoms with Crippen molar-refractivity contribution in [3.63, 3.8) is 0 Å². The molecular weight excluding hydrogens is 224 g/mol. The van der Waals surface area contributed by atoms with Crippen molar-refractivity contribution in [3.05, 3.63) is 29.8 Å². The molecule has 1 heterocycles. The molecule has 18 heavy (non-hydrogen) atoms. The van der Waals surface area contributed by atoms with Crippen molar-refractivity contribution >= 4 is 0 Å². The number of rotatable bonds is 4. The van der Waals surface area contributed by atoms with Crippen LogP contribution >= 0.6 is 0 Å². The highest BCUT2D eigenvalue weighted by Gasteiger charge is 2.28. The largest absolute Gasteiger partial charge is 0.497 e. The molecule has 1 saturated heterocycles. The van der Waals surface area contributed by atoms with Crippen molar-refractivity contribution in [2.24, 2.45) is 5.92 Å². The molecule has 0 saturated carbocycles. The molecule has 1 aliphatic rings. The van der Waals surface area contributed by atoms with E-state index < -0.39 is 0 Å². The van der Waals surface area contributed by atoms with Gasteiger partial charge in [-0.1, -0.05) is 6.92 Å². The Balaban J connectivity index is 2.07. The SMILES string of the molecule is COc1ccc([C@H](C[NH3+])[NH+]2CCC(C)CC2)cc1. The van der Waals surface area contributed by atoms with E-state index in [4.69, 9.17) is 4.74 Å². The van der Waals surface area contributed by atoms with Gasteiger partial charge in [-0.2, -0.15) is 0 Å². The molecule has 0 bridgehead atoms. The molecule has 0 aromatic heterocycles. The quantitative estimate of drug-likeness (QED) is 0.792. The molecule has 100 valence electrons. The van der Waals surface area contributed by atoms with Crippen molar-refractivity contribution < 1.29 is 15.4 Å². The first-order valence-corrected chi connectivity index (χ1v) is 7.02. The van der Waals surface area contributed by atoms with Crippen LogP contribution in [0.2, 0.25) is 0 Å². The lowest BCUT2D eigenvalue weighted by atomic mass is 9.96. The van der Waals surface area contributed by atoms with Gasteiger partial charge >= 0.3 is 0 Å². The number of hydrogen-bond donors (Lipinski definition) is 2. The lowest BCUT2D eigenvalue weighted by molar-refractivity contribution is -0.943. The third-order valence-corrected chi connectivity index (χ3v) is 4.22. The van der Waals surface area contributed by atoms with Gasteiger partial charge in [0.15, 0.2) is 6.04 Å². The van der Waals surface area contributed by atoms with E-state index in [-0.39, 0.29) is 0 Å². The number of benzene rings is 1. The standard InChI is InChI=1S/C15H24N2O/c1-12-7-9-17(10-8-12)15(11-16)13-3-5-14(18-2)6-4-13/h3-6,12,15H,7-11,16H2,1-2H3/p+2/t15-/m0/s1. The van der Waals surface area contributed by atoms with Crippen LogP contribution in [0.25, 0.3) is 0 Å². The minimum absolute atomic E-state index is 0.545. The fourth-order valence-electron chi connectivity index (χ4n) is 2.92. The summed E-state index contributed by atoms with van der Waals surface area (Å²) >= 11 is 0. The number of methoxy groups -OCH3 is 1. The normalized spacial score (nSPS) is 25.7. The van der Waals surface area contributed by atoms with Crippen molar-refractivity contribution in [1.29, 1.82) is 0 Å². The highest BCUT2D eigenvalue weighted by molar-refractivity contribution is 5.28. The van der Waals surface area contributed by atoms with Gasteiger partial charge in [0.1, 0.15) is 12.3 Å². The molecule has 2 rings (SSSR count). The second-order valence-electron chi connectivity index (χ2n) is 5.46. The zero-order valence-corrected chi connectivity index (χ0v) is 11.6. The topological polar surface area (TPSA) is 41.3 Å². The lowest BCUT2D eigenvalue weighted by Gasteiger charge is -2.32. The fourth-order valence-corrected chi connectivity index (χ4v) is 2.92. The van der Waals surface area contributed by atoms with Crippen molar-refractivity contribution in [2.45, 2.75) is 25.8 Å². The molecule has 0 aliphatic carbocycles. The zero-order valence-electron chi connectivity index (χ0n) is 11.6. The summed E-state index contributed by atoms with van der Waals surface area (Å²) in [6.45, 7) is 5.90. The second kappa shape index (κ2) is 6.21. The third-order valence-electron chi connectivity index (χ3n) is 4.22. The summed E-state index contributed by atoms with van der Waals surface area (Å²) in [4.78, 5) is 1.70. The van der Waals surface area contributed by atoms with E-state index in [0.29, 0.717) is 6.04 Å². The number of nitrogens with one attached hydrogen (secondary N) is 1. The molecule has 4 N–H and O–H groups in total. The van der Waals surface area contributed by atoms with E-state index in [2.05, 4.69) is 36.9 Å². The summed E-state index contributed by atoms with van der Waals surface area (Å²) in [6.07, 6.45) is 2.70. The van der Waals surface area contributed by atoms with Gasteiger partial charge in [0.2, 0.25) is 0 Å². The van der Waals surface area contributed by atoms with Gasteiger partial charge < -0.3 is 15.4 Å². The molecule has 1 aliphatic heterocycles. The Hall–Kier alpha value is -1.06. The first-order chi connectivity index (χ1) is 8.74. The van der Waals surface area contributed by atoms with Crippen LogP contribution in [0, 0.1) is 5.92 Å². The number of hydrogen-bond acceptors (Lipinski definition) is 1. The van der Waals surface area contributed by atoms with Gasteiger partial charge in [0.25, 0.3) is 0 Å². The van der Waals surface area contributed by atoms with Gasteiger partial charge in [-0.05, 0) is 43.0 Å². The van der Waals surface area contributed by atoms with E-state index in [0.717, 1.165) is 18.2 Å². The van der Waals surface area contributed by atoms with Gasteiger partial charge in [-0.15, -0.1) is 0 Å². The Kier molecular flexibility index (Phi) is 4.61. The first-order valence-electron chi connectivity index (χ1n) is 7.02. The molecule has 0 amide bonds. The molecule has 1 aromatic carbocycles. The summed E-state index contributed by atoms with van der Waals surface area (Å²) in [5.74, 6) is 1.83. The van der Waals surface area contributed by atoms with Crippen LogP contribution < -0.4 is 15.4 Å². The lowest BCUT2D eigenvalue weighted by Crippen LogP contribution is -3.14. The fraction of sp³-hybridized carbons (Fsp3) is 0.600. The molecule has 3 nitrogen and oxygen atoms in total. The number of ether oxygens (including phenoxy) is 1.